The van der Waals surface area contributed by atoms with Gasteiger partial charge < -0.3 is 5.32 Å². The van der Waals surface area contributed by atoms with Crippen molar-refractivity contribution in [1.29, 1.82) is 0 Å². The molecule has 2 aliphatic rings. The zero-order valence-electron chi connectivity index (χ0n) is 12.6. The predicted octanol–water partition coefficient (Wildman–Crippen LogP) is 4.00. The molecule has 2 nitrogen and oxygen atoms in total. The van der Waals surface area contributed by atoms with Gasteiger partial charge in [0.25, 0.3) is 0 Å². The smallest absolute Gasteiger partial charge is 0.128 e. The Bertz CT molecular complexity index is 490. The summed E-state index contributed by atoms with van der Waals surface area (Å²) >= 11 is 6.11. The second kappa shape index (κ2) is 6.64. The number of benzene rings is 1. The normalized spacial score (nSPS) is 27.6. The van der Waals surface area contributed by atoms with E-state index < -0.39 is 0 Å². The lowest BCUT2D eigenvalue weighted by atomic mass is 9.89. The van der Waals surface area contributed by atoms with Crippen molar-refractivity contribution in [2.75, 3.05) is 20.1 Å². The van der Waals surface area contributed by atoms with E-state index >= 15 is 0 Å². The molecule has 21 heavy (non-hydrogen) atoms. The summed E-state index contributed by atoms with van der Waals surface area (Å²) in [5, 5.41) is 4.25. The molecule has 1 heterocycles. The van der Waals surface area contributed by atoms with Gasteiger partial charge in [0.2, 0.25) is 0 Å². The summed E-state index contributed by atoms with van der Waals surface area (Å²) in [4.78, 5) is 2.31. The fourth-order valence-corrected chi connectivity index (χ4v) is 3.66. The van der Waals surface area contributed by atoms with Crippen LogP contribution in [-0.2, 0) is 0 Å². The van der Waals surface area contributed by atoms with E-state index in [9.17, 15) is 4.39 Å². The first-order valence-electron chi connectivity index (χ1n) is 8.03. The molecule has 1 saturated heterocycles. The average molecular weight is 311 g/mol. The van der Waals surface area contributed by atoms with E-state index in [4.69, 9.17) is 11.6 Å². The van der Waals surface area contributed by atoms with Gasteiger partial charge in [0.1, 0.15) is 5.82 Å². The molecule has 0 radical (unpaired) electrons. The van der Waals surface area contributed by atoms with Crippen molar-refractivity contribution in [3.8, 4) is 0 Å². The van der Waals surface area contributed by atoms with E-state index in [-0.39, 0.29) is 11.9 Å². The van der Waals surface area contributed by atoms with Crippen LogP contribution in [0.3, 0.4) is 0 Å². The van der Waals surface area contributed by atoms with Crippen LogP contribution in [0.4, 0.5) is 4.39 Å². The summed E-state index contributed by atoms with van der Waals surface area (Å²) in [6.45, 7) is 2.00. The van der Waals surface area contributed by atoms with E-state index in [2.05, 4.69) is 17.3 Å². The summed E-state index contributed by atoms with van der Waals surface area (Å²) in [6.07, 6.45) is 6.15. The molecular formula is C17H24ClFN2. The number of halogens is 2. The van der Waals surface area contributed by atoms with E-state index in [1.807, 2.05) is 6.07 Å². The molecule has 0 bridgehead atoms. The highest BCUT2D eigenvalue weighted by Crippen LogP contribution is 2.36. The first kappa shape index (κ1) is 15.3. The monoisotopic (exact) mass is 310 g/mol. The Labute approximate surface area is 131 Å². The van der Waals surface area contributed by atoms with Gasteiger partial charge in [0.15, 0.2) is 0 Å². The van der Waals surface area contributed by atoms with Gasteiger partial charge in [-0.05, 0) is 63.4 Å². The molecule has 0 spiro atoms. The van der Waals surface area contributed by atoms with Gasteiger partial charge in [-0.1, -0.05) is 18.0 Å². The van der Waals surface area contributed by atoms with E-state index in [0.717, 1.165) is 25.1 Å². The molecule has 2 fully saturated rings. The molecule has 3 rings (SSSR count). The van der Waals surface area contributed by atoms with Crippen LogP contribution in [0.1, 0.15) is 43.7 Å². The second-order valence-corrected chi connectivity index (χ2v) is 6.97. The minimum absolute atomic E-state index is 0.123. The van der Waals surface area contributed by atoms with E-state index in [1.165, 1.54) is 31.7 Å². The summed E-state index contributed by atoms with van der Waals surface area (Å²) < 4.78 is 14.3. The molecule has 0 aromatic heterocycles. The van der Waals surface area contributed by atoms with Gasteiger partial charge in [-0.3, -0.25) is 4.90 Å². The van der Waals surface area contributed by atoms with Gasteiger partial charge in [-0.2, -0.15) is 0 Å². The van der Waals surface area contributed by atoms with E-state index in [0.29, 0.717) is 17.0 Å². The van der Waals surface area contributed by atoms with Crippen LogP contribution in [0.15, 0.2) is 18.2 Å². The third-order valence-corrected chi connectivity index (χ3v) is 5.01. The third-order valence-electron chi connectivity index (χ3n) is 4.78. The standard InChI is InChI=1S/C17H24ClFN2/c1-21-9-3-2-4-12(11-20-14-6-7-14)17(21)15-10-13(18)5-8-16(15)19/h5,8,10,12,14,17,20H,2-4,6-7,9,11H2,1H3. The highest BCUT2D eigenvalue weighted by molar-refractivity contribution is 6.30. The number of nitrogens with zero attached hydrogens (tertiary/aromatic N) is 1. The highest BCUT2D eigenvalue weighted by atomic mass is 35.5. The summed E-state index contributed by atoms with van der Waals surface area (Å²) in [5.41, 5.74) is 0.759. The van der Waals surface area contributed by atoms with Crippen molar-refractivity contribution < 1.29 is 4.39 Å². The molecule has 1 aliphatic carbocycles. The highest BCUT2D eigenvalue weighted by Gasteiger charge is 2.32. The van der Waals surface area contributed by atoms with Crippen LogP contribution in [0.2, 0.25) is 5.02 Å². The number of hydrogen-bond acceptors (Lipinski definition) is 2. The summed E-state index contributed by atoms with van der Waals surface area (Å²) in [6, 6.07) is 5.77. The van der Waals surface area contributed by atoms with Crippen molar-refractivity contribution in [3.63, 3.8) is 0 Å². The lowest BCUT2D eigenvalue weighted by Gasteiger charge is -2.33. The molecule has 1 aromatic carbocycles. The van der Waals surface area contributed by atoms with Crippen molar-refractivity contribution in [2.24, 2.45) is 5.92 Å². The van der Waals surface area contributed by atoms with Crippen molar-refractivity contribution in [3.05, 3.63) is 34.6 Å². The maximum absolute atomic E-state index is 14.3. The molecule has 4 heteroatoms. The molecule has 2 unspecified atom stereocenters. The largest absolute Gasteiger partial charge is 0.314 e. The Morgan fingerprint density at radius 3 is 2.86 bits per heavy atom. The SMILES string of the molecule is CN1CCCCC(CNC2CC2)C1c1cc(Cl)ccc1F. The van der Waals surface area contributed by atoms with Crippen molar-refractivity contribution in [2.45, 2.75) is 44.2 Å². The lowest BCUT2D eigenvalue weighted by molar-refractivity contribution is 0.184. The first-order valence-corrected chi connectivity index (χ1v) is 8.41. The van der Waals surface area contributed by atoms with Gasteiger partial charge in [-0.15, -0.1) is 0 Å². The van der Waals surface area contributed by atoms with Gasteiger partial charge in [0, 0.05) is 29.2 Å². The average Bonchev–Trinajstić information content (AvgIpc) is 3.28. The summed E-state index contributed by atoms with van der Waals surface area (Å²) in [5.74, 6) is 0.320. The minimum Gasteiger partial charge on any atom is -0.314 e. The second-order valence-electron chi connectivity index (χ2n) is 6.53. The van der Waals surface area contributed by atoms with Crippen LogP contribution >= 0.6 is 11.6 Å². The molecular weight excluding hydrogens is 287 g/mol. The van der Waals surface area contributed by atoms with Gasteiger partial charge in [0.05, 0.1) is 0 Å². The molecule has 1 aromatic rings. The quantitative estimate of drug-likeness (QED) is 0.904. The van der Waals surface area contributed by atoms with Crippen LogP contribution in [0.5, 0.6) is 0 Å². The Kier molecular flexibility index (Phi) is 4.82. The maximum atomic E-state index is 14.3. The molecule has 2 atom stereocenters. The zero-order chi connectivity index (χ0) is 14.8. The molecule has 0 amide bonds. The molecule has 1 saturated carbocycles. The molecule has 116 valence electrons. The number of hydrogen-bond donors (Lipinski definition) is 1. The van der Waals surface area contributed by atoms with Crippen molar-refractivity contribution >= 4 is 11.6 Å². The van der Waals surface area contributed by atoms with Crippen LogP contribution in [0.25, 0.3) is 0 Å². The fourth-order valence-electron chi connectivity index (χ4n) is 3.48. The Hall–Kier alpha value is -0.640. The summed E-state index contributed by atoms with van der Waals surface area (Å²) in [7, 11) is 2.11. The molecule has 1 aliphatic heterocycles. The topological polar surface area (TPSA) is 15.3 Å². The zero-order valence-corrected chi connectivity index (χ0v) is 13.4. The molecule has 1 N–H and O–H groups in total. The number of rotatable bonds is 4. The van der Waals surface area contributed by atoms with Crippen LogP contribution in [-0.4, -0.2) is 31.1 Å². The van der Waals surface area contributed by atoms with E-state index in [1.54, 1.807) is 6.07 Å². The fraction of sp³-hybridized carbons (Fsp3) is 0.647. The number of nitrogens with one attached hydrogen (secondary N) is 1. The first-order chi connectivity index (χ1) is 10.1. The predicted molar refractivity (Wildman–Crippen MR) is 85.1 cm³/mol. The third kappa shape index (κ3) is 3.77. The van der Waals surface area contributed by atoms with Crippen LogP contribution in [0, 0.1) is 11.7 Å². The maximum Gasteiger partial charge on any atom is 0.128 e. The lowest BCUT2D eigenvalue weighted by Crippen LogP contribution is -2.36. The Morgan fingerprint density at radius 2 is 2.10 bits per heavy atom. The van der Waals surface area contributed by atoms with Gasteiger partial charge in [-0.25, -0.2) is 4.39 Å². The Morgan fingerprint density at radius 1 is 1.29 bits per heavy atom. The van der Waals surface area contributed by atoms with Crippen molar-refractivity contribution in [1.82, 2.24) is 10.2 Å². The Balaban J connectivity index is 1.85. The number of likely N-dealkylation sites (tertiary alicyclic amines) is 1. The minimum atomic E-state index is -0.130. The van der Waals surface area contributed by atoms with Crippen LogP contribution < -0.4 is 5.32 Å². The van der Waals surface area contributed by atoms with Gasteiger partial charge >= 0.3 is 0 Å².